The Morgan fingerprint density at radius 1 is 0.467 bits per heavy atom. The van der Waals surface area contributed by atoms with Gasteiger partial charge in [0.2, 0.25) is 0 Å². The van der Waals surface area contributed by atoms with Crippen molar-refractivity contribution in [2.75, 3.05) is 0 Å². The Labute approximate surface area is 179 Å². The molecular weight excluding hydrogens is 368 g/mol. The van der Waals surface area contributed by atoms with E-state index in [-0.39, 0.29) is 11.5 Å². The van der Waals surface area contributed by atoms with E-state index in [0.29, 0.717) is 5.56 Å². The lowest BCUT2D eigenvalue weighted by molar-refractivity contribution is 0.466. The average molecular weight is 397 g/mol. The van der Waals surface area contributed by atoms with E-state index in [1.54, 1.807) is 12.1 Å². The van der Waals surface area contributed by atoms with E-state index in [1.807, 2.05) is 52.0 Å². The molecule has 152 valence electrons. The molecule has 0 saturated carbocycles. The lowest BCUT2D eigenvalue weighted by Crippen LogP contribution is -1.96. The number of aromatic hydroxyl groups is 2. The highest BCUT2D eigenvalue weighted by molar-refractivity contribution is 5.81. The summed E-state index contributed by atoms with van der Waals surface area (Å²) >= 11 is 0. The quantitative estimate of drug-likeness (QED) is 0.372. The van der Waals surface area contributed by atoms with Crippen molar-refractivity contribution in [1.29, 1.82) is 0 Å². The number of hydrogen-bond donors (Lipinski definition) is 2. The molecule has 0 radical (unpaired) electrons. The molecule has 0 aromatic heterocycles. The lowest BCUT2D eigenvalue weighted by Gasteiger charge is -2.18. The predicted molar refractivity (Wildman–Crippen MR) is 126 cm³/mol. The molecule has 0 saturated heterocycles. The summed E-state index contributed by atoms with van der Waals surface area (Å²) in [6.45, 7) is 7.93. The minimum atomic E-state index is 0.193. The Balaban J connectivity index is 0.000000184. The van der Waals surface area contributed by atoms with Gasteiger partial charge in [0.25, 0.3) is 0 Å². The number of benzene rings is 4. The van der Waals surface area contributed by atoms with Crippen molar-refractivity contribution in [3.05, 3.63) is 107 Å². The van der Waals surface area contributed by atoms with E-state index >= 15 is 0 Å². The summed E-state index contributed by atoms with van der Waals surface area (Å²) in [5.74, 6) is 0.454. The highest BCUT2D eigenvalue weighted by atomic mass is 16.3. The third kappa shape index (κ3) is 4.38. The maximum absolute atomic E-state index is 10.4. The van der Waals surface area contributed by atoms with E-state index < -0.39 is 0 Å². The van der Waals surface area contributed by atoms with Gasteiger partial charge in [-0.3, -0.25) is 0 Å². The molecule has 4 aromatic rings. The normalized spacial score (nSPS) is 10.3. The van der Waals surface area contributed by atoms with Gasteiger partial charge in [0.15, 0.2) is 0 Å². The van der Waals surface area contributed by atoms with E-state index in [9.17, 15) is 10.2 Å². The summed E-state index contributed by atoms with van der Waals surface area (Å²) in [6, 6.07) is 27.9. The van der Waals surface area contributed by atoms with Gasteiger partial charge >= 0.3 is 0 Å². The first kappa shape index (κ1) is 21.2. The molecule has 0 aliphatic rings. The second-order valence-corrected chi connectivity index (χ2v) is 7.47. The Hall–Kier alpha value is -3.52. The number of para-hydroxylation sites is 1. The molecule has 0 aliphatic carbocycles. The van der Waals surface area contributed by atoms with Crippen molar-refractivity contribution in [1.82, 2.24) is 0 Å². The third-order valence-electron chi connectivity index (χ3n) is 5.71. The molecule has 0 unspecified atom stereocenters. The van der Waals surface area contributed by atoms with Crippen molar-refractivity contribution in [2.24, 2.45) is 0 Å². The second kappa shape index (κ2) is 9.32. The second-order valence-electron chi connectivity index (χ2n) is 7.47. The smallest absolute Gasteiger partial charge is 0.126 e. The highest BCUT2D eigenvalue weighted by Crippen LogP contribution is 2.42. The van der Waals surface area contributed by atoms with Crippen molar-refractivity contribution >= 4 is 0 Å². The van der Waals surface area contributed by atoms with Crippen LogP contribution >= 0.6 is 0 Å². The molecule has 0 atom stereocenters. The van der Waals surface area contributed by atoms with Crippen LogP contribution in [0, 0.1) is 27.7 Å². The zero-order valence-corrected chi connectivity index (χ0v) is 18.0. The van der Waals surface area contributed by atoms with E-state index in [0.717, 1.165) is 27.8 Å². The third-order valence-corrected chi connectivity index (χ3v) is 5.71. The van der Waals surface area contributed by atoms with Gasteiger partial charge in [-0.2, -0.15) is 0 Å². The van der Waals surface area contributed by atoms with Crippen LogP contribution in [0.3, 0.4) is 0 Å². The molecule has 0 amide bonds. The number of phenols is 2. The molecule has 4 rings (SSSR count). The average Bonchev–Trinajstić information content (AvgIpc) is 2.79. The SMILES string of the molecule is Cc1c(C)c(C)c(-c2ccccc2O)c(O)c1C.c1ccc(-c2ccccc2)cc1. The number of phenolic OH excluding ortho intramolecular Hbond substituents is 2. The summed E-state index contributed by atoms with van der Waals surface area (Å²) in [6.07, 6.45) is 0. The minimum absolute atomic E-state index is 0.193. The van der Waals surface area contributed by atoms with Crippen molar-refractivity contribution in [2.45, 2.75) is 27.7 Å². The van der Waals surface area contributed by atoms with Crippen LogP contribution in [-0.4, -0.2) is 10.2 Å². The predicted octanol–water partition coefficient (Wildman–Crippen LogP) is 7.35. The van der Waals surface area contributed by atoms with Crippen molar-refractivity contribution in [3.63, 3.8) is 0 Å². The summed E-state index contributed by atoms with van der Waals surface area (Å²) < 4.78 is 0. The van der Waals surface area contributed by atoms with Crippen LogP contribution in [0.4, 0.5) is 0 Å². The first-order chi connectivity index (χ1) is 14.4. The van der Waals surface area contributed by atoms with Crippen LogP contribution in [0.5, 0.6) is 11.5 Å². The Morgan fingerprint density at radius 2 is 0.900 bits per heavy atom. The maximum atomic E-state index is 10.4. The van der Waals surface area contributed by atoms with E-state index in [2.05, 4.69) is 48.5 Å². The Morgan fingerprint density at radius 3 is 1.40 bits per heavy atom. The maximum Gasteiger partial charge on any atom is 0.126 e. The summed E-state index contributed by atoms with van der Waals surface area (Å²) in [5.41, 5.74) is 8.10. The van der Waals surface area contributed by atoms with Crippen LogP contribution < -0.4 is 0 Å². The van der Waals surface area contributed by atoms with Crippen LogP contribution in [0.2, 0.25) is 0 Å². The monoisotopic (exact) mass is 396 g/mol. The first-order valence-corrected chi connectivity index (χ1v) is 10.1. The largest absolute Gasteiger partial charge is 0.507 e. The fourth-order valence-corrected chi connectivity index (χ4v) is 3.57. The van der Waals surface area contributed by atoms with Gasteiger partial charge in [-0.25, -0.2) is 0 Å². The highest BCUT2D eigenvalue weighted by Gasteiger charge is 2.17. The van der Waals surface area contributed by atoms with Gasteiger partial charge in [-0.15, -0.1) is 0 Å². The van der Waals surface area contributed by atoms with Crippen molar-refractivity contribution in [3.8, 4) is 33.8 Å². The summed E-state index contributed by atoms with van der Waals surface area (Å²) in [4.78, 5) is 0. The van der Waals surface area contributed by atoms with E-state index in [1.165, 1.54) is 11.1 Å². The first-order valence-electron chi connectivity index (χ1n) is 10.1. The number of hydrogen-bond acceptors (Lipinski definition) is 2. The van der Waals surface area contributed by atoms with Gasteiger partial charge in [-0.05, 0) is 67.1 Å². The van der Waals surface area contributed by atoms with Crippen LogP contribution in [0.1, 0.15) is 22.3 Å². The molecule has 0 spiro atoms. The Kier molecular flexibility index (Phi) is 6.58. The van der Waals surface area contributed by atoms with E-state index in [4.69, 9.17) is 0 Å². The van der Waals surface area contributed by atoms with Crippen LogP contribution in [0.25, 0.3) is 22.3 Å². The van der Waals surface area contributed by atoms with Crippen LogP contribution in [-0.2, 0) is 0 Å². The van der Waals surface area contributed by atoms with Gasteiger partial charge in [0.1, 0.15) is 11.5 Å². The molecule has 0 aliphatic heterocycles. The number of rotatable bonds is 2. The van der Waals surface area contributed by atoms with Gasteiger partial charge in [0.05, 0.1) is 0 Å². The minimum Gasteiger partial charge on any atom is -0.507 e. The van der Waals surface area contributed by atoms with Crippen LogP contribution in [0.15, 0.2) is 84.9 Å². The fraction of sp³-hybridized carbons (Fsp3) is 0.143. The molecule has 4 aromatic carbocycles. The molecule has 0 heterocycles. The lowest BCUT2D eigenvalue weighted by atomic mass is 9.89. The molecule has 2 heteroatoms. The molecule has 0 bridgehead atoms. The molecule has 2 nitrogen and oxygen atoms in total. The summed E-state index contributed by atoms with van der Waals surface area (Å²) in [5, 5.41) is 20.3. The van der Waals surface area contributed by atoms with Gasteiger partial charge < -0.3 is 10.2 Å². The molecular formula is C28H28O2. The standard InChI is InChI=1S/C16H18O2.C12H10/c1-9-10(2)12(4)16(18)15(11(9)3)13-7-5-6-8-14(13)17;1-3-7-11(8-4-1)12-9-5-2-6-10-12/h5-8,17-18H,1-4H3;1-10H. The topological polar surface area (TPSA) is 40.5 Å². The zero-order chi connectivity index (χ0) is 21.7. The van der Waals surface area contributed by atoms with Crippen molar-refractivity contribution < 1.29 is 10.2 Å². The molecule has 30 heavy (non-hydrogen) atoms. The fourth-order valence-electron chi connectivity index (χ4n) is 3.57. The Bertz CT molecular complexity index is 1060. The molecule has 0 fully saturated rings. The van der Waals surface area contributed by atoms with Gasteiger partial charge in [0, 0.05) is 11.1 Å². The zero-order valence-electron chi connectivity index (χ0n) is 18.0. The summed E-state index contributed by atoms with van der Waals surface area (Å²) in [7, 11) is 0. The van der Waals surface area contributed by atoms with Gasteiger partial charge in [-0.1, -0.05) is 78.9 Å². The molecule has 2 N–H and O–H groups in total.